The molecule has 2 aromatic rings. The van der Waals surface area contributed by atoms with Crippen LogP contribution in [0.2, 0.25) is 0 Å². The van der Waals surface area contributed by atoms with Gasteiger partial charge in [-0.25, -0.2) is 0 Å². The molecule has 0 spiro atoms. The molecule has 3 aliphatic rings. The van der Waals surface area contributed by atoms with E-state index in [-0.39, 0.29) is 17.6 Å². The van der Waals surface area contributed by atoms with E-state index in [0.717, 1.165) is 57.8 Å². The SMILES string of the molecule is CC[C@@]1(c2cccc(-c3ccnc(C)c3C)c2)C2=C(CC(C)(C)NC2=O)NC2N=NC(C)=C21. The van der Waals surface area contributed by atoms with E-state index >= 15 is 0 Å². The summed E-state index contributed by atoms with van der Waals surface area (Å²) in [7, 11) is 0. The molecule has 0 bridgehead atoms. The fraction of sp³-hybridized carbons (Fsp3) is 0.407. The summed E-state index contributed by atoms with van der Waals surface area (Å²) >= 11 is 0. The van der Waals surface area contributed by atoms with E-state index in [1.807, 2.05) is 20.0 Å². The highest BCUT2D eigenvalue weighted by molar-refractivity contribution is 6.00. The highest BCUT2D eigenvalue weighted by Gasteiger charge is 2.54. The minimum atomic E-state index is -0.592. The lowest BCUT2D eigenvalue weighted by atomic mass is 9.61. The molecule has 0 aliphatic carbocycles. The van der Waals surface area contributed by atoms with Crippen molar-refractivity contribution < 1.29 is 4.79 Å². The van der Waals surface area contributed by atoms with Gasteiger partial charge in [0, 0.05) is 35.1 Å². The number of carbonyl (C=O) groups is 1. The summed E-state index contributed by atoms with van der Waals surface area (Å²) in [5.74, 6) is -0.0115. The predicted octanol–water partition coefficient (Wildman–Crippen LogP) is 5.23. The summed E-state index contributed by atoms with van der Waals surface area (Å²) in [5.41, 5.74) is 8.44. The highest BCUT2D eigenvalue weighted by atomic mass is 16.2. The average molecular weight is 442 g/mol. The Morgan fingerprint density at radius 2 is 1.94 bits per heavy atom. The smallest absolute Gasteiger partial charge is 0.250 e. The fourth-order valence-electron chi connectivity index (χ4n) is 5.83. The van der Waals surface area contributed by atoms with Gasteiger partial charge < -0.3 is 10.6 Å². The summed E-state index contributed by atoms with van der Waals surface area (Å²) in [6.45, 7) is 12.4. The molecule has 3 aliphatic heterocycles. The molecule has 1 unspecified atom stereocenters. The Labute approximate surface area is 195 Å². The molecule has 6 nitrogen and oxygen atoms in total. The molecule has 2 N–H and O–H groups in total. The van der Waals surface area contributed by atoms with Gasteiger partial charge in [-0.1, -0.05) is 25.1 Å². The van der Waals surface area contributed by atoms with Crippen LogP contribution in [0, 0.1) is 13.8 Å². The van der Waals surface area contributed by atoms with E-state index in [9.17, 15) is 4.79 Å². The lowest BCUT2D eigenvalue weighted by Gasteiger charge is -2.48. The molecule has 1 aromatic heterocycles. The maximum Gasteiger partial charge on any atom is 0.250 e. The standard InChI is InChI=1S/C27H31N5O/c1-7-27(19-10-8-9-18(13-19)20-11-12-28-16(3)15(20)2)22-17(4)31-32-24(22)29-21-14-26(5,6)30-25(33)23(21)27/h8-13,24,29H,7,14H2,1-6H3,(H,30,33)/t24?,27-/m0/s1. The maximum atomic E-state index is 13.6. The summed E-state index contributed by atoms with van der Waals surface area (Å²) in [6.07, 6.45) is 3.10. The molecular weight excluding hydrogens is 410 g/mol. The Kier molecular flexibility index (Phi) is 4.82. The number of fused-ring (bicyclic) bond motifs is 1. The molecule has 0 saturated carbocycles. The van der Waals surface area contributed by atoms with E-state index in [1.165, 1.54) is 5.56 Å². The van der Waals surface area contributed by atoms with Crippen molar-refractivity contribution in [2.24, 2.45) is 10.2 Å². The lowest BCUT2D eigenvalue weighted by Crippen LogP contribution is -2.58. The first-order chi connectivity index (χ1) is 15.7. The zero-order valence-corrected chi connectivity index (χ0v) is 20.2. The first kappa shape index (κ1) is 21.6. The van der Waals surface area contributed by atoms with Crippen LogP contribution in [0.25, 0.3) is 11.1 Å². The Hall–Kier alpha value is -3.28. The fourth-order valence-corrected chi connectivity index (χ4v) is 5.83. The molecule has 0 fully saturated rings. The maximum absolute atomic E-state index is 13.6. The van der Waals surface area contributed by atoms with Crippen LogP contribution in [0.3, 0.4) is 0 Å². The van der Waals surface area contributed by atoms with E-state index < -0.39 is 5.41 Å². The number of allylic oxidation sites excluding steroid dienone is 1. The zero-order chi connectivity index (χ0) is 23.5. The number of pyridine rings is 1. The van der Waals surface area contributed by atoms with Crippen LogP contribution in [-0.2, 0) is 10.2 Å². The summed E-state index contributed by atoms with van der Waals surface area (Å²) in [5, 5.41) is 15.8. The number of rotatable bonds is 3. The van der Waals surface area contributed by atoms with Crippen molar-refractivity contribution in [1.82, 2.24) is 15.6 Å². The second kappa shape index (κ2) is 7.37. The number of hydrogen-bond donors (Lipinski definition) is 2. The molecule has 2 atom stereocenters. The summed E-state index contributed by atoms with van der Waals surface area (Å²) < 4.78 is 0. The second-order valence-electron chi connectivity index (χ2n) is 10.0. The van der Waals surface area contributed by atoms with Gasteiger partial charge in [0.1, 0.15) is 0 Å². The van der Waals surface area contributed by atoms with Crippen LogP contribution in [0.1, 0.15) is 57.4 Å². The molecule has 1 amide bonds. The zero-order valence-electron chi connectivity index (χ0n) is 20.2. The molecule has 6 heteroatoms. The van der Waals surface area contributed by atoms with E-state index in [4.69, 9.17) is 0 Å². The third-order valence-electron chi connectivity index (χ3n) is 7.44. The van der Waals surface area contributed by atoms with Crippen molar-refractivity contribution in [3.8, 4) is 11.1 Å². The van der Waals surface area contributed by atoms with Gasteiger partial charge in [0.2, 0.25) is 0 Å². The van der Waals surface area contributed by atoms with Crippen LogP contribution < -0.4 is 10.6 Å². The average Bonchev–Trinajstić information content (AvgIpc) is 3.14. The van der Waals surface area contributed by atoms with Crippen LogP contribution in [0.4, 0.5) is 0 Å². The number of nitrogens with one attached hydrogen (secondary N) is 2. The molecule has 1 aromatic carbocycles. The van der Waals surface area contributed by atoms with Crippen LogP contribution >= 0.6 is 0 Å². The van der Waals surface area contributed by atoms with Gasteiger partial charge in [-0.05, 0) is 75.4 Å². The van der Waals surface area contributed by atoms with Crippen molar-refractivity contribution in [1.29, 1.82) is 0 Å². The van der Waals surface area contributed by atoms with Crippen molar-refractivity contribution in [2.75, 3.05) is 0 Å². The minimum Gasteiger partial charge on any atom is -0.362 e. The minimum absolute atomic E-state index is 0.0115. The third-order valence-corrected chi connectivity index (χ3v) is 7.44. The highest BCUT2D eigenvalue weighted by Crippen LogP contribution is 2.53. The topological polar surface area (TPSA) is 78.7 Å². The van der Waals surface area contributed by atoms with Crippen molar-refractivity contribution in [3.63, 3.8) is 0 Å². The Bertz CT molecular complexity index is 1270. The van der Waals surface area contributed by atoms with E-state index in [2.05, 4.69) is 83.9 Å². The molecular formula is C27H31N5O. The number of carbonyl (C=O) groups excluding carboxylic acids is 1. The Balaban J connectivity index is 1.78. The van der Waals surface area contributed by atoms with Crippen LogP contribution in [0.15, 0.2) is 69.3 Å². The molecule has 0 radical (unpaired) electrons. The lowest BCUT2D eigenvalue weighted by molar-refractivity contribution is -0.120. The quantitative estimate of drug-likeness (QED) is 0.684. The number of hydrogen-bond acceptors (Lipinski definition) is 5. The largest absolute Gasteiger partial charge is 0.362 e. The normalized spacial score (nSPS) is 25.5. The van der Waals surface area contributed by atoms with Crippen molar-refractivity contribution in [3.05, 3.63) is 75.9 Å². The molecule has 33 heavy (non-hydrogen) atoms. The van der Waals surface area contributed by atoms with Gasteiger partial charge in [0.15, 0.2) is 6.17 Å². The number of benzene rings is 1. The van der Waals surface area contributed by atoms with Gasteiger partial charge in [-0.3, -0.25) is 9.78 Å². The van der Waals surface area contributed by atoms with Gasteiger partial charge in [0.05, 0.1) is 16.7 Å². The van der Waals surface area contributed by atoms with Crippen molar-refractivity contribution in [2.45, 2.75) is 71.5 Å². The first-order valence-corrected chi connectivity index (χ1v) is 11.7. The Morgan fingerprint density at radius 3 is 2.70 bits per heavy atom. The predicted molar refractivity (Wildman–Crippen MR) is 129 cm³/mol. The van der Waals surface area contributed by atoms with E-state index in [0.29, 0.717) is 0 Å². The van der Waals surface area contributed by atoms with Gasteiger partial charge >= 0.3 is 0 Å². The molecule has 170 valence electrons. The number of aryl methyl sites for hydroxylation is 1. The third kappa shape index (κ3) is 3.15. The number of amides is 1. The number of azo groups is 1. The second-order valence-corrected chi connectivity index (χ2v) is 10.0. The van der Waals surface area contributed by atoms with E-state index in [1.54, 1.807) is 0 Å². The van der Waals surface area contributed by atoms with Crippen LogP contribution in [0.5, 0.6) is 0 Å². The van der Waals surface area contributed by atoms with Gasteiger partial charge in [0.25, 0.3) is 5.91 Å². The monoisotopic (exact) mass is 441 g/mol. The number of aromatic nitrogens is 1. The number of nitrogens with zero attached hydrogens (tertiary/aromatic N) is 3. The van der Waals surface area contributed by atoms with Crippen molar-refractivity contribution >= 4 is 5.91 Å². The summed E-state index contributed by atoms with van der Waals surface area (Å²) in [4.78, 5) is 18.1. The van der Waals surface area contributed by atoms with Crippen LogP contribution in [-0.4, -0.2) is 22.6 Å². The first-order valence-electron chi connectivity index (χ1n) is 11.7. The molecule has 4 heterocycles. The molecule has 0 saturated heterocycles. The Morgan fingerprint density at radius 1 is 1.15 bits per heavy atom. The van der Waals surface area contributed by atoms with Gasteiger partial charge in [-0.2, -0.15) is 10.2 Å². The molecule has 5 rings (SSSR count). The van der Waals surface area contributed by atoms with Gasteiger partial charge in [-0.15, -0.1) is 0 Å². The summed E-state index contributed by atoms with van der Waals surface area (Å²) in [6, 6.07) is 10.7.